The summed E-state index contributed by atoms with van der Waals surface area (Å²) in [6, 6.07) is 6.18. The van der Waals surface area contributed by atoms with Gasteiger partial charge in [0.2, 0.25) is 0 Å². The van der Waals surface area contributed by atoms with Gasteiger partial charge in [-0.2, -0.15) is 0 Å². The third kappa shape index (κ3) is 4.62. The molecular weight excluding hydrogens is 254 g/mol. The summed E-state index contributed by atoms with van der Waals surface area (Å²) in [4.78, 5) is 16.6. The molecule has 1 atom stereocenters. The molecule has 0 saturated carbocycles. The molecule has 0 bridgehead atoms. The molecule has 0 aliphatic rings. The minimum Gasteiger partial charge on any atom is -0.466 e. The van der Waals surface area contributed by atoms with E-state index in [1.165, 1.54) is 5.56 Å². The SMILES string of the molecule is CCOC(=O)CC(ON)c1cc(C)cc(C(C)(C)C)c1. The van der Waals surface area contributed by atoms with Crippen LogP contribution in [0, 0.1) is 6.92 Å². The summed E-state index contributed by atoms with van der Waals surface area (Å²) in [7, 11) is 0. The first-order chi connectivity index (χ1) is 9.27. The van der Waals surface area contributed by atoms with Gasteiger partial charge in [-0.25, -0.2) is 5.90 Å². The van der Waals surface area contributed by atoms with Crippen molar-refractivity contribution in [1.82, 2.24) is 0 Å². The van der Waals surface area contributed by atoms with Crippen LogP contribution >= 0.6 is 0 Å². The van der Waals surface area contributed by atoms with Crippen LogP contribution in [-0.2, 0) is 19.8 Å². The Labute approximate surface area is 121 Å². The van der Waals surface area contributed by atoms with E-state index in [1.54, 1.807) is 6.92 Å². The number of carbonyl (C=O) groups excluding carboxylic acids is 1. The van der Waals surface area contributed by atoms with Crippen molar-refractivity contribution in [3.8, 4) is 0 Å². The van der Waals surface area contributed by atoms with Crippen molar-refractivity contribution in [1.29, 1.82) is 0 Å². The molecule has 0 heterocycles. The quantitative estimate of drug-likeness (QED) is 0.664. The summed E-state index contributed by atoms with van der Waals surface area (Å²) < 4.78 is 4.95. The molecule has 2 N–H and O–H groups in total. The smallest absolute Gasteiger partial charge is 0.308 e. The minimum absolute atomic E-state index is 0.0316. The number of rotatable bonds is 5. The monoisotopic (exact) mass is 279 g/mol. The third-order valence-electron chi connectivity index (χ3n) is 3.16. The molecule has 0 aromatic heterocycles. The fourth-order valence-corrected chi connectivity index (χ4v) is 2.05. The maximum Gasteiger partial charge on any atom is 0.308 e. The Morgan fingerprint density at radius 1 is 1.30 bits per heavy atom. The molecule has 0 fully saturated rings. The fourth-order valence-electron chi connectivity index (χ4n) is 2.05. The highest BCUT2D eigenvalue weighted by molar-refractivity contribution is 5.70. The highest BCUT2D eigenvalue weighted by atomic mass is 16.6. The molecule has 0 radical (unpaired) electrons. The average molecular weight is 279 g/mol. The maximum atomic E-state index is 11.6. The van der Waals surface area contributed by atoms with Crippen LogP contribution in [0.2, 0.25) is 0 Å². The minimum atomic E-state index is -0.477. The molecule has 1 unspecified atom stereocenters. The van der Waals surface area contributed by atoms with Gasteiger partial charge in [-0.3, -0.25) is 9.63 Å². The van der Waals surface area contributed by atoms with Gasteiger partial charge in [-0.05, 0) is 30.4 Å². The number of aryl methyl sites for hydroxylation is 1. The van der Waals surface area contributed by atoms with Gasteiger partial charge in [-0.1, -0.05) is 44.5 Å². The van der Waals surface area contributed by atoms with Crippen molar-refractivity contribution in [3.63, 3.8) is 0 Å². The Balaban J connectivity index is 3.03. The molecule has 4 nitrogen and oxygen atoms in total. The van der Waals surface area contributed by atoms with Crippen LogP contribution in [-0.4, -0.2) is 12.6 Å². The number of ether oxygens (including phenoxy) is 1. The predicted octanol–water partition coefficient (Wildman–Crippen LogP) is 3.18. The van der Waals surface area contributed by atoms with E-state index in [4.69, 9.17) is 15.5 Å². The standard InChI is InChI=1S/C16H25NO3/c1-6-19-15(18)10-14(20-17)12-7-11(2)8-13(9-12)16(3,4)5/h7-9,14H,6,10,17H2,1-5H3. The molecular formula is C16H25NO3. The second-order valence-electron chi connectivity index (χ2n) is 6.02. The normalized spacial score (nSPS) is 13.1. The topological polar surface area (TPSA) is 61.5 Å². The lowest BCUT2D eigenvalue weighted by atomic mass is 9.84. The van der Waals surface area contributed by atoms with Crippen LogP contribution in [0.4, 0.5) is 0 Å². The van der Waals surface area contributed by atoms with E-state index < -0.39 is 6.10 Å². The molecule has 1 aromatic rings. The number of nitrogens with two attached hydrogens (primary N) is 1. The van der Waals surface area contributed by atoms with Gasteiger partial charge in [0.05, 0.1) is 13.0 Å². The third-order valence-corrected chi connectivity index (χ3v) is 3.16. The summed E-state index contributed by atoms with van der Waals surface area (Å²) in [5, 5.41) is 0. The highest BCUT2D eigenvalue weighted by Gasteiger charge is 2.21. The van der Waals surface area contributed by atoms with Crippen molar-refractivity contribution in [2.24, 2.45) is 5.90 Å². The van der Waals surface area contributed by atoms with Gasteiger partial charge >= 0.3 is 5.97 Å². The lowest BCUT2D eigenvalue weighted by Gasteiger charge is -2.23. The molecule has 4 heteroatoms. The zero-order chi connectivity index (χ0) is 15.3. The average Bonchev–Trinajstić information content (AvgIpc) is 2.34. The Bertz CT molecular complexity index is 463. The molecule has 0 saturated heterocycles. The summed E-state index contributed by atoms with van der Waals surface area (Å²) >= 11 is 0. The Hall–Kier alpha value is -1.39. The van der Waals surface area contributed by atoms with Crippen LogP contribution in [0.1, 0.15) is 56.9 Å². The summed E-state index contributed by atoms with van der Waals surface area (Å²) in [6.07, 6.45) is -0.354. The van der Waals surface area contributed by atoms with Gasteiger partial charge < -0.3 is 4.74 Å². The summed E-state index contributed by atoms with van der Waals surface area (Å²) in [6.45, 7) is 10.6. The van der Waals surface area contributed by atoms with Crippen molar-refractivity contribution in [2.75, 3.05) is 6.61 Å². The van der Waals surface area contributed by atoms with Crippen LogP contribution < -0.4 is 5.90 Å². The van der Waals surface area contributed by atoms with Crippen LogP contribution in [0.15, 0.2) is 18.2 Å². The summed E-state index contributed by atoms with van der Waals surface area (Å²) in [5.74, 6) is 5.05. The van der Waals surface area contributed by atoms with Gasteiger partial charge in [0, 0.05) is 0 Å². The van der Waals surface area contributed by atoms with Crippen LogP contribution in [0.5, 0.6) is 0 Å². The van der Waals surface area contributed by atoms with Crippen LogP contribution in [0.3, 0.4) is 0 Å². The first kappa shape index (κ1) is 16.7. The van der Waals surface area contributed by atoms with Crippen molar-refractivity contribution < 1.29 is 14.4 Å². The highest BCUT2D eigenvalue weighted by Crippen LogP contribution is 2.29. The number of benzene rings is 1. The fraction of sp³-hybridized carbons (Fsp3) is 0.562. The number of esters is 1. The maximum absolute atomic E-state index is 11.6. The largest absolute Gasteiger partial charge is 0.466 e. The van der Waals surface area contributed by atoms with Crippen molar-refractivity contribution in [3.05, 3.63) is 34.9 Å². The van der Waals surface area contributed by atoms with E-state index >= 15 is 0 Å². The van der Waals surface area contributed by atoms with E-state index in [0.29, 0.717) is 6.61 Å². The second kappa shape index (κ2) is 6.86. The first-order valence-electron chi connectivity index (χ1n) is 6.91. The van der Waals surface area contributed by atoms with Gasteiger partial charge in [0.15, 0.2) is 0 Å². The summed E-state index contributed by atoms with van der Waals surface area (Å²) in [5.41, 5.74) is 3.26. The number of hydrogen-bond donors (Lipinski definition) is 1. The molecule has 0 amide bonds. The number of carbonyl (C=O) groups is 1. The van der Waals surface area contributed by atoms with E-state index in [0.717, 1.165) is 11.1 Å². The lowest BCUT2D eigenvalue weighted by molar-refractivity contribution is -0.146. The molecule has 0 aliphatic heterocycles. The van der Waals surface area contributed by atoms with E-state index in [-0.39, 0.29) is 17.8 Å². The second-order valence-corrected chi connectivity index (χ2v) is 6.02. The molecule has 0 aliphatic carbocycles. The van der Waals surface area contributed by atoms with Gasteiger partial charge in [0.25, 0.3) is 0 Å². The Kier molecular flexibility index (Phi) is 5.72. The predicted molar refractivity (Wildman–Crippen MR) is 79.1 cm³/mol. The van der Waals surface area contributed by atoms with Gasteiger partial charge in [-0.15, -0.1) is 0 Å². The zero-order valence-electron chi connectivity index (χ0n) is 13.0. The Morgan fingerprint density at radius 2 is 1.95 bits per heavy atom. The van der Waals surface area contributed by atoms with E-state index in [1.807, 2.05) is 19.1 Å². The van der Waals surface area contributed by atoms with E-state index in [2.05, 4.69) is 26.8 Å². The molecule has 112 valence electrons. The molecule has 20 heavy (non-hydrogen) atoms. The van der Waals surface area contributed by atoms with Crippen LogP contribution in [0.25, 0.3) is 0 Å². The van der Waals surface area contributed by atoms with Crippen molar-refractivity contribution in [2.45, 2.75) is 52.6 Å². The molecule has 1 aromatic carbocycles. The number of hydrogen-bond acceptors (Lipinski definition) is 4. The zero-order valence-corrected chi connectivity index (χ0v) is 13.0. The van der Waals surface area contributed by atoms with Gasteiger partial charge in [0.1, 0.15) is 6.10 Å². The molecule has 1 rings (SSSR count). The van der Waals surface area contributed by atoms with E-state index in [9.17, 15) is 4.79 Å². The first-order valence-corrected chi connectivity index (χ1v) is 6.91. The van der Waals surface area contributed by atoms with Crippen molar-refractivity contribution >= 4 is 5.97 Å². The Morgan fingerprint density at radius 3 is 2.45 bits per heavy atom. The lowest BCUT2D eigenvalue weighted by Crippen LogP contribution is -2.18. The molecule has 0 spiro atoms.